The normalized spacial score (nSPS) is 13.4. The first-order valence-electron chi connectivity index (χ1n) is 4.78. The highest BCUT2D eigenvalue weighted by atomic mass is 127. The predicted octanol–water partition coefficient (Wildman–Crippen LogP) is 4.36. The van der Waals surface area contributed by atoms with Crippen LogP contribution in [-0.4, -0.2) is 0 Å². The maximum Gasteiger partial charge on any atom is 0.0159 e. The quantitative estimate of drug-likeness (QED) is 0.709. The van der Waals surface area contributed by atoms with E-state index in [0.717, 1.165) is 5.92 Å². The van der Waals surface area contributed by atoms with Crippen molar-refractivity contribution in [2.75, 3.05) is 0 Å². The van der Waals surface area contributed by atoms with Crippen LogP contribution in [-0.2, 0) is 0 Å². The van der Waals surface area contributed by atoms with Gasteiger partial charge in [-0.3, -0.25) is 0 Å². The molecule has 0 N–H and O–H groups in total. The van der Waals surface area contributed by atoms with Crippen molar-refractivity contribution in [3.05, 3.63) is 32.9 Å². The Hall–Kier alpha value is -0.0500. The molecule has 1 heteroatoms. The Morgan fingerprint density at radius 2 is 1.77 bits per heavy atom. The van der Waals surface area contributed by atoms with Crippen molar-refractivity contribution in [1.82, 2.24) is 0 Å². The van der Waals surface area contributed by atoms with Gasteiger partial charge in [-0.1, -0.05) is 32.9 Å². The number of halogens is 1. The van der Waals surface area contributed by atoms with Gasteiger partial charge in [0.15, 0.2) is 0 Å². The molecule has 0 radical (unpaired) electrons. The van der Waals surface area contributed by atoms with E-state index in [4.69, 9.17) is 0 Å². The monoisotopic (exact) mass is 288 g/mol. The number of aryl methyl sites for hydroxylation is 1. The van der Waals surface area contributed by atoms with Gasteiger partial charge in [-0.2, -0.15) is 0 Å². The van der Waals surface area contributed by atoms with Crippen molar-refractivity contribution < 1.29 is 0 Å². The smallest absolute Gasteiger partial charge is 0.0159 e. The van der Waals surface area contributed by atoms with E-state index >= 15 is 0 Å². The first-order chi connectivity index (χ1) is 6.02. The fourth-order valence-electron chi connectivity index (χ4n) is 1.34. The molecule has 1 unspecified atom stereocenters. The largest absolute Gasteiger partial charge is 0.0622 e. The highest BCUT2D eigenvalue weighted by Gasteiger charge is 2.10. The van der Waals surface area contributed by atoms with E-state index in [1.807, 2.05) is 0 Å². The Balaban J connectivity index is 2.97. The lowest BCUT2D eigenvalue weighted by Gasteiger charge is -2.16. The standard InChI is InChI=1S/C12H17I/c1-8(2)10(4)11-5-6-12(13)9(3)7-11/h5-8,10H,1-4H3. The fourth-order valence-corrected chi connectivity index (χ4v) is 1.67. The van der Waals surface area contributed by atoms with Crippen molar-refractivity contribution in [1.29, 1.82) is 0 Å². The second-order valence-corrected chi connectivity index (χ2v) is 5.20. The second kappa shape index (κ2) is 4.45. The Labute approximate surface area is 94.9 Å². The van der Waals surface area contributed by atoms with Crippen molar-refractivity contribution in [3.63, 3.8) is 0 Å². The van der Waals surface area contributed by atoms with Crippen molar-refractivity contribution in [2.24, 2.45) is 5.92 Å². The summed E-state index contributed by atoms with van der Waals surface area (Å²) >= 11 is 2.38. The molecular weight excluding hydrogens is 271 g/mol. The summed E-state index contributed by atoms with van der Waals surface area (Å²) in [6.07, 6.45) is 0. The summed E-state index contributed by atoms with van der Waals surface area (Å²) < 4.78 is 1.36. The van der Waals surface area contributed by atoms with E-state index < -0.39 is 0 Å². The molecule has 0 bridgehead atoms. The summed E-state index contributed by atoms with van der Waals surface area (Å²) in [6, 6.07) is 6.77. The highest BCUT2D eigenvalue weighted by molar-refractivity contribution is 14.1. The third-order valence-corrected chi connectivity index (χ3v) is 3.92. The van der Waals surface area contributed by atoms with Crippen LogP contribution < -0.4 is 0 Å². The van der Waals surface area contributed by atoms with E-state index in [0.29, 0.717) is 5.92 Å². The van der Waals surface area contributed by atoms with E-state index in [2.05, 4.69) is 68.5 Å². The summed E-state index contributed by atoms with van der Waals surface area (Å²) in [4.78, 5) is 0. The van der Waals surface area contributed by atoms with E-state index in [9.17, 15) is 0 Å². The van der Waals surface area contributed by atoms with Crippen LogP contribution >= 0.6 is 22.6 Å². The molecule has 0 saturated heterocycles. The summed E-state index contributed by atoms with van der Waals surface area (Å²) in [6.45, 7) is 9.03. The molecule has 1 rings (SSSR count). The zero-order chi connectivity index (χ0) is 10.0. The summed E-state index contributed by atoms with van der Waals surface area (Å²) in [7, 11) is 0. The van der Waals surface area contributed by atoms with Crippen LogP contribution in [0.25, 0.3) is 0 Å². The zero-order valence-corrected chi connectivity index (χ0v) is 10.9. The summed E-state index contributed by atoms with van der Waals surface area (Å²) in [5, 5.41) is 0. The minimum atomic E-state index is 0.663. The average molecular weight is 288 g/mol. The van der Waals surface area contributed by atoms with Crippen LogP contribution in [0.3, 0.4) is 0 Å². The van der Waals surface area contributed by atoms with Gasteiger partial charge in [0, 0.05) is 3.57 Å². The lowest BCUT2D eigenvalue weighted by molar-refractivity contribution is 0.535. The van der Waals surface area contributed by atoms with Crippen LogP contribution in [0.1, 0.15) is 37.8 Å². The van der Waals surface area contributed by atoms with Gasteiger partial charge in [0.1, 0.15) is 0 Å². The molecule has 0 amide bonds. The van der Waals surface area contributed by atoms with Crippen molar-refractivity contribution >= 4 is 22.6 Å². The molecule has 72 valence electrons. The number of benzene rings is 1. The molecule has 0 aliphatic rings. The zero-order valence-electron chi connectivity index (χ0n) is 8.76. The van der Waals surface area contributed by atoms with Gasteiger partial charge in [0.2, 0.25) is 0 Å². The molecule has 1 aromatic carbocycles. The average Bonchev–Trinajstić information content (AvgIpc) is 2.08. The summed E-state index contributed by atoms with van der Waals surface area (Å²) in [5.41, 5.74) is 2.86. The van der Waals surface area contributed by atoms with E-state index in [1.54, 1.807) is 0 Å². The molecule has 13 heavy (non-hydrogen) atoms. The molecule has 0 fully saturated rings. The van der Waals surface area contributed by atoms with Crippen LogP contribution in [0, 0.1) is 16.4 Å². The van der Waals surface area contributed by atoms with Crippen molar-refractivity contribution in [3.8, 4) is 0 Å². The van der Waals surface area contributed by atoms with Gasteiger partial charge < -0.3 is 0 Å². The molecule has 0 nitrogen and oxygen atoms in total. The molecule has 0 spiro atoms. The Bertz CT molecular complexity index is 289. The van der Waals surface area contributed by atoms with Crippen LogP contribution in [0.5, 0.6) is 0 Å². The van der Waals surface area contributed by atoms with Gasteiger partial charge in [0.25, 0.3) is 0 Å². The van der Waals surface area contributed by atoms with Crippen LogP contribution in [0.4, 0.5) is 0 Å². The molecule has 1 atom stereocenters. The van der Waals surface area contributed by atoms with E-state index in [1.165, 1.54) is 14.7 Å². The Morgan fingerprint density at radius 3 is 2.23 bits per heavy atom. The second-order valence-electron chi connectivity index (χ2n) is 4.04. The minimum Gasteiger partial charge on any atom is -0.0622 e. The Kier molecular flexibility index (Phi) is 3.77. The molecule has 0 heterocycles. The molecule has 1 aromatic rings. The fraction of sp³-hybridized carbons (Fsp3) is 0.500. The van der Waals surface area contributed by atoms with Crippen LogP contribution in [0.2, 0.25) is 0 Å². The van der Waals surface area contributed by atoms with Gasteiger partial charge >= 0.3 is 0 Å². The lowest BCUT2D eigenvalue weighted by atomic mass is 9.90. The number of rotatable bonds is 2. The maximum absolute atomic E-state index is 2.38. The Morgan fingerprint density at radius 1 is 1.15 bits per heavy atom. The topological polar surface area (TPSA) is 0 Å². The van der Waals surface area contributed by atoms with Gasteiger partial charge in [-0.25, -0.2) is 0 Å². The molecular formula is C12H17I. The lowest BCUT2D eigenvalue weighted by Crippen LogP contribution is -2.02. The highest BCUT2D eigenvalue weighted by Crippen LogP contribution is 2.25. The third-order valence-electron chi connectivity index (χ3n) is 2.71. The van der Waals surface area contributed by atoms with Gasteiger partial charge in [-0.15, -0.1) is 0 Å². The molecule has 0 aliphatic carbocycles. The number of hydrogen-bond acceptors (Lipinski definition) is 0. The number of hydrogen-bond donors (Lipinski definition) is 0. The van der Waals surface area contributed by atoms with E-state index in [-0.39, 0.29) is 0 Å². The summed E-state index contributed by atoms with van der Waals surface area (Å²) in [5.74, 6) is 1.38. The van der Waals surface area contributed by atoms with Crippen LogP contribution in [0.15, 0.2) is 18.2 Å². The van der Waals surface area contributed by atoms with Crippen molar-refractivity contribution in [2.45, 2.75) is 33.6 Å². The molecule has 0 saturated carbocycles. The SMILES string of the molecule is Cc1cc(C(C)C(C)C)ccc1I. The first-order valence-corrected chi connectivity index (χ1v) is 5.86. The first kappa shape index (κ1) is 11.0. The third kappa shape index (κ3) is 2.70. The molecule has 0 aromatic heterocycles. The minimum absolute atomic E-state index is 0.663. The molecule has 0 aliphatic heterocycles. The van der Waals surface area contributed by atoms with Gasteiger partial charge in [0.05, 0.1) is 0 Å². The predicted molar refractivity (Wildman–Crippen MR) is 67.1 cm³/mol. The maximum atomic E-state index is 2.38. The van der Waals surface area contributed by atoms with Gasteiger partial charge in [-0.05, 0) is 58.5 Å².